The van der Waals surface area contributed by atoms with Crippen molar-refractivity contribution in [2.75, 3.05) is 45.8 Å². The predicted molar refractivity (Wildman–Crippen MR) is 88.4 cm³/mol. The van der Waals surface area contributed by atoms with Crippen LogP contribution >= 0.6 is 0 Å². The molecule has 1 atom stereocenters. The molecule has 3 aliphatic rings. The SMILES string of the molecule is O=C(c1ccn[nH]1)N1CCCC2(C1)CN(CCN1CCCC1)C2=O. The first-order chi connectivity index (χ1) is 11.7. The molecule has 0 aromatic carbocycles. The van der Waals surface area contributed by atoms with Crippen LogP contribution in [0.25, 0.3) is 0 Å². The number of carbonyl (C=O) groups is 2. The highest BCUT2D eigenvalue weighted by Crippen LogP contribution is 2.40. The highest BCUT2D eigenvalue weighted by atomic mass is 16.2. The second-order valence-corrected chi connectivity index (χ2v) is 7.36. The van der Waals surface area contributed by atoms with Gasteiger partial charge in [0.2, 0.25) is 5.91 Å². The molecule has 0 radical (unpaired) electrons. The van der Waals surface area contributed by atoms with Gasteiger partial charge in [-0.1, -0.05) is 0 Å². The fraction of sp³-hybridized carbons (Fsp3) is 0.706. The van der Waals surface area contributed by atoms with E-state index in [9.17, 15) is 9.59 Å². The third-order valence-corrected chi connectivity index (χ3v) is 5.71. The van der Waals surface area contributed by atoms with Gasteiger partial charge in [0.15, 0.2) is 0 Å². The van der Waals surface area contributed by atoms with Crippen molar-refractivity contribution in [1.82, 2.24) is 24.9 Å². The third kappa shape index (κ3) is 2.70. The van der Waals surface area contributed by atoms with Crippen molar-refractivity contribution in [1.29, 1.82) is 0 Å². The van der Waals surface area contributed by atoms with Crippen LogP contribution in [0.3, 0.4) is 0 Å². The maximum absolute atomic E-state index is 12.7. The summed E-state index contributed by atoms with van der Waals surface area (Å²) in [6.45, 7) is 6.21. The lowest BCUT2D eigenvalue weighted by Crippen LogP contribution is -2.68. The number of aromatic nitrogens is 2. The van der Waals surface area contributed by atoms with Gasteiger partial charge in [0.1, 0.15) is 5.69 Å². The molecule has 0 bridgehead atoms. The summed E-state index contributed by atoms with van der Waals surface area (Å²) in [5, 5.41) is 6.57. The molecule has 3 fully saturated rings. The van der Waals surface area contributed by atoms with Crippen molar-refractivity contribution in [3.63, 3.8) is 0 Å². The van der Waals surface area contributed by atoms with Crippen LogP contribution in [0.15, 0.2) is 12.3 Å². The average Bonchev–Trinajstić information content (AvgIpc) is 3.31. The van der Waals surface area contributed by atoms with E-state index in [-0.39, 0.29) is 17.2 Å². The van der Waals surface area contributed by atoms with Crippen molar-refractivity contribution in [2.24, 2.45) is 5.41 Å². The Labute approximate surface area is 142 Å². The zero-order valence-electron chi connectivity index (χ0n) is 14.0. The number of β-lactam (4-membered cyclic amide) rings is 1. The lowest BCUT2D eigenvalue weighted by Gasteiger charge is -2.53. The number of rotatable bonds is 4. The number of likely N-dealkylation sites (tertiary alicyclic amines) is 3. The highest BCUT2D eigenvalue weighted by Gasteiger charge is 2.54. The van der Waals surface area contributed by atoms with Crippen LogP contribution in [0.1, 0.15) is 36.2 Å². The number of carbonyl (C=O) groups excluding carboxylic acids is 2. The minimum absolute atomic E-state index is 0.0464. The lowest BCUT2D eigenvalue weighted by atomic mass is 9.72. The lowest BCUT2D eigenvalue weighted by molar-refractivity contribution is -0.165. The van der Waals surface area contributed by atoms with Gasteiger partial charge in [0, 0.05) is 38.9 Å². The summed E-state index contributed by atoms with van der Waals surface area (Å²) in [5.41, 5.74) is 0.170. The van der Waals surface area contributed by atoms with E-state index in [0.29, 0.717) is 12.2 Å². The Morgan fingerprint density at radius 2 is 2.00 bits per heavy atom. The van der Waals surface area contributed by atoms with Crippen LogP contribution in [0.4, 0.5) is 0 Å². The van der Waals surface area contributed by atoms with Crippen molar-refractivity contribution in [3.8, 4) is 0 Å². The number of nitrogens with zero attached hydrogens (tertiary/aromatic N) is 4. The normalized spacial score (nSPS) is 27.8. The van der Waals surface area contributed by atoms with E-state index >= 15 is 0 Å². The minimum Gasteiger partial charge on any atom is -0.340 e. The fourth-order valence-corrected chi connectivity index (χ4v) is 4.35. The molecular formula is C17H25N5O2. The molecule has 7 heteroatoms. The van der Waals surface area contributed by atoms with Gasteiger partial charge in [-0.15, -0.1) is 0 Å². The van der Waals surface area contributed by atoms with Crippen molar-refractivity contribution >= 4 is 11.8 Å². The van der Waals surface area contributed by atoms with E-state index in [4.69, 9.17) is 0 Å². The van der Waals surface area contributed by atoms with Crippen molar-refractivity contribution in [2.45, 2.75) is 25.7 Å². The second kappa shape index (κ2) is 6.20. The number of H-pyrrole nitrogens is 1. The Morgan fingerprint density at radius 1 is 1.17 bits per heavy atom. The van der Waals surface area contributed by atoms with E-state index in [1.807, 2.05) is 9.80 Å². The van der Waals surface area contributed by atoms with E-state index in [1.54, 1.807) is 12.3 Å². The molecule has 130 valence electrons. The Bertz CT molecular complexity index is 611. The molecule has 3 aliphatic heterocycles. The van der Waals surface area contributed by atoms with E-state index in [1.165, 1.54) is 25.9 Å². The largest absolute Gasteiger partial charge is 0.340 e. The summed E-state index contributed by atoms with van der Waals surface area (Å²) in [6, 6.07) is 1.69. The molecule has 1 unspecified atom stereocenters. The first-order valence-corrected chi connectivity index (χ1v) is 8.98. The van der Waals surface area contributed by atoms with Gasteiger partial charge in [-0.3, -0.25) is 14.7 Å². The van der Waals surface area contributed by atoms with Crippen LogP contribution in [0.2, 0.25) is 0 Å². The topological polar surface area (TPSA) is 72.5 Å². The number of hydrogen-bond acceptors (Lipinski definition) is 4. The first kappa shape index (κ1) is 15.6. The van der Waals surface area contributed by atoms with Crippen LogP contribution in [0, 0.1) is 5.41 Å². The standard InChI is InChI=1S/C17H25N5O2/c23-15(14-4-6-18-19-14)21-9-3-5-17(12-21)13-22(16(17)24)11-10-20-7-1-2-8-20/h4,6H,1-3,5,7-13H2,(H,18,19). The van der Waals surface area contributed by atoms with Gasteiger partial charge < -0.3 is 14.7 Å². The first-order valence-electron chi connectivity index (χ1n) is 8.98. The number of amides is 2. The molecule has 1 spiro atoms. The Balaban J connectivity index is 1.34. The highest BCUT2D eigenvalue weighted by molar-refractivity contribution is 5.94. The van der Waals surface area contributed by atoms with E-state index < -0.39 is 0 Å². The molecule has 1 N–H and O–H groups in total. The molecule has 7 nitrogen and oxygen atoms in total. The molecule has 2 amide bonds. The number of hydrogen-bond donors (Lipinski definition) is 1. The zero-order chi connectivity index (χ0) is 16.6. The summed E-state index contributed by atoms with van der Waals surface area (Å²) in [6.07, 6.45) is 5.94. The molecule has 0 saturated carbocycles. The van der Waals surface area contributed by atoms with Crippen LogP contribution < -0.4 is 0 Å². The second-order valence-electron chi connectivity index (χ2n) is 7.36. The predicted octanol–water partition coefficient (Wildman–Crippen LogP) is 0.570. The smallest absolute Gasteiger partial charge is 0.271 e. The van der Waals surface area contributed by atoms with Gasteiger partial charge in [0.25, 0.3) is 5.91 Å². The summed E-state index contributed by atoms with van der Waals surface area (Å²) in [5.74, 6) is 0.193. The Kier molecular flexibility index (Phi) is 4.04. The van der Waals surface area contributed by atoms with Crippen LogP contribution in [-0.4, -0.2) is 82.5 Å². The van der Waals surface area contributed by atoms with Crippen LogP contribution in [-0.2, 0) is 4.79 Å². The molecule has 3 saturated heterocycles. The van der Waals surface area contributed by atoms with Gasteiger partial charge >= 0.3 is 0 Å². The number of piperidine rings is 1. The Hall–Kier alpha value is -1.89. The van der Waals surface area contributed by atoms with Gasteiger partial charge in [-0.25, -0.2) is 0 Å². The maximum Gasteiger partial charge on any atom is 0.271 e. The quantitative estimate of drug-likeness (QED) is 0.819. The average molecular weight is 331 g/mol. The molecule has 1 aromatic heterocycles. The van der Waals surface area contributed by atoms with Crippen molar-refractivity contribution < 1.29 is 9.59 Å². The maximum atomic E-state index is 12.7. The van der Waals surface area contributed by atoms with Gasteiger partial charge in [0.05, 0.1) is 5.41 Å². The summed E-state index contributed by atoms with van der Waals surface area (Å²) < 4.78 is 0. The zero-order valence-corrected chi connectivity index (χ0v) is 14.0. The van der Waals surface area contributed by atoms with Gasteiger partial charge in [-0.05, 0) is 44.8 Å². The minimum atomic E-state index is -0.334. The van der Waals surface area contributed by atoms with E-state index in [2.05, 4.69) is 15.1 Å². The molecule has 4 rings (SSSR count). The molecular weight excluding hydrogens is 306 g/mol. The third-order valence-electron chi connectivity index (χ3n) is 5.71. The number of nitrogens with one attached hydrogen (secondary N) is 1. The monoisotopic (exact) mass is 331 g/mol. The Morgan fingerprint density at radius 3 is 2.71 bits per heavy atom. The fourth-order valence-electron chi connectivity index (χ4n) is 4.35. The molecule has 1 aromatic rings. The summed E-state index contributed by atoms with van der Waals surface area (Å²) in [7, 11) is 0. The van der Waals surface area contributed by atoms with Crippen molar-refractivity contribution in [3.05, 3.63) is 18.0 Å². The van der Waals surface area contributed by atoms with E-state index in [0.717, 1.165) is 39.0 Å². The molecule has 24 heavy (non-hydrogen) atoms. The number of aromatic amines is 1. The van der Waals surface area contributed by atoms with Gasteiger partial charge in [-0.2, -0.15) is 5.10 Å². The summed E-state index contributed by atoms with van der Waals surface area (Å²) >= 11 is 0. The molecule has 0 aliphatic carbocycles. The molecule has 4 heterocycles. The van der Waals surface area contributed by atoms with Crippen LogP contribution in [0.5, 0.6) is 0 Å². The summed E-state index contributed by atoms with van der Waals surface area (Å²) in [4.78, 5) is 31.5.